The topological polar surface area (TPSA) is 111 Å². The zero-order valence-electron chi connectivity index (χ0n) is 14.8. The van der Waals surface area contributed by atoms with Crippen LogP contribution in [0, 0.1) is 11.3 Å². The number of rotatable bonds is 4. The van der Waals surface area contributed by atoms with E-state index in [1.165, 1.54) is 18.7 Å². The third kappa shape index (κ3) is 3.02. The average Bonchev–Trinajstić information content (AvgIpc) is 3.08. The molecule has 138 valence electrons. The molecular weight excluding hydrogens is 358 g/mol. The molecule has 0 saturated carbocycles. The van der Waals surface area contributed by atoms with Crippen LogP contribution < -0.4 is 16.1 Å². The van der Waals surface area contributed by atoms with Crippen LogP contribution in [0.3, 0.4) is 0 Å². The van der Waals surface area contributed by atoms with Gasteiger partial charge in [0.2, 0.25) is 5.95 Å². The quantitative estimate of drug-likeness (QED) is 0.659. The van der Waals surface area contributed by atoms with E-state index in [9.17, 15) is 14.9 Å². The molecule has 10 nitrogen and oxygen atoms in total. The minimum Gasteiger partial charge on any atom is -0.378 e. The van der Waals surface area contributed by atoms with Gasteiger partial charge in [-0.2, -0.15) is 5.26 Å². The monoisotopic (exact) mass is 377 g/mol. The van der Waals surface area contributed by atoms with Crippen LogP contribution in [-0.4, -0.2) is 50.2 Å². The van der Waals surface area contributed by atoms with Crippen molar-refractivity contribution in [2.45, 2.75) is 23.7 Å². The summed E-state index contributed by atoms with van der Waals surface area (Å²) in [4.78, 5) is 26.5. The molecule has 1 saturated heterocycles. The molecule has 26 heavy (non-hydrogen) atoms. The highest BCUT2D eigenvalue weighted by molar-refractivity contribution is 7.99. The lowest BCUT2D eigenvalue weighted by atomic mass is 10.3. The summed E-state index contributed by atoms with van der Waals surface area (Å²) in [6, 6.07) is 1.90. The van der Waals surface area contributed by atoms with Crippen LogP contribution in [0.1, 0.15) is 12.5 Å². The fourth-order valence-electron chi connectivity index (χ4n) is 2.76. The van der Waals surface area contributed by atoms with Gasteiger partial charge in [0, 0.05) is 33.7 Å². The smallest absolute Gasteiger partial charge is 0.331 e. The number of hydrogen-bond donors (Lipinski definition) is 0. The molecular formula is C15H19N7O3S. The predicted octanol–water partition coefficient (Wildman–Crippen LogP) is -0.445. The Labute approximate surface area is 153 Å². The fourth-order valence-corrected chi connectivity index (χ4v) is 3.78. The molecule has 0 atom stereocenters. The van der Waals surface area contributed by atoms with Gasteiger partial charge in [0.15, 0.2) is 5.16 Å². The first kappa shape index (κ1) is 18.2. The standard InChI is InChI=1S/C15H19N7O3S/c1-4-22-13(21-5-7-25-8-6-21)17-18-14(22)26-12-10(9-16)11(23)19(2)15(24)20(12)3/h4-8H2,1-3H3. The van der Waals surface area contributed by atoms with E-state index < -0.39 is 11.2 Å². The molecule has 2 aromatic rings. The second-order valence-corrected chi connectivity index (χ2v) is 6.68. The van der Waals surface area contributed by atoms with Crippen LogP contribution in [0.5, 0.6) is 0 Å². The van der Waals surface area contributed by atoms with Gasteiger partial charge in [0.25, 0.3) is 5.56 Å². The predicted molar refractivity (Wildman–Crippen MR) is 94.5 cm³/mol. The molecule has 3 heterocycles. The highest BCUT2D eigenvalue weighted by Gasteiger charge is 2.23. The summed E-state index contributed by atoms with van der Waals surface area (Å²) in [5.41, 5.74) is -1.19. The van der Waals surface area contributed by atoms with Crippen molar-refractivity contribution < 1.29 is 4.74 Å². The molecule has 0 bridgehead atoms. The Balaban J connectivity index is 2.05. The van der Waals surface area contributed by atoms with E-state index in [4.69, 9.17) is 4.74 Å². The highest BCUT2D eigenvalue weighted by atomic mass is 32.2. The minimum atomic E-state index is -0.617. The number of morpholine rings is 1. The summed E-state index contributed by atoms with van der Waals surface area (Å²) in [6.07, 6.45) is 0. The molecule has 1 aliphatic rings. The summed E-state index contributed by atoms with van der Waals surface area (Å²) >= 11 is 1.10. The Morgan fingerprint density at radius 3 is 2.50 bits per heavy atom. The number of nitrogens with zero attached hydrogens (tertiary/aromatic N) is 7. The molecule has 11 heteroatoms. The SMILES string of the molecule is CCn1c(Sc2c(C#N)c(=O)n(C)c(=O)n2C)nnc1N1CCOCC1. The van der Waals surface area contributed by atoms with Gasteiger partial charge in [-0.05, 0) is 18.7 Å². The zero-order valence-corrected chi connectivity index (χ0v) is 15.6. The van der Waals surface area contributed by atoms with E-state index in [1.807, 2.05) is 17.6 Å². The molecule has 3 rings (SSSR count). The van der Waals surface area contributed by atoms with Crippen LogP contribution in [0.15, 0.2) is 19.8 Å². The normalized spacial score (nSPS) is 14.5. The van der Waals surface area contributed by atoms with E-state index in [-0.39, 0.29) is 10.6 Å². The largest absolute Gasteiger partial charge is 0.378 e. The Morgan fingerprint density at radius 1 is 1.19 bits per heavy atom. The molecule has 0 aliphatic carbocycles. The van der Waals surface area contributed by atoms with E-state index in [0.717, 1.165) is 29.4 Å². The van der Waals surface area contributed by atoms with Gasteiger partial charge in [-0.1, -0.05) is 0 Å². The van der Waals surface area contributed by atoms with Crippen molar-refractivity contribution in [2.75, 3.05) is 31.2 Å². The van der Waals surface area contributed by atoms with E-state index in [2.05, 4.69) is 15.1 Å². The number of anilines is 1. The van der Waals surface area contributed by atoms with Crippen LogP contribution in [-0.2, 0) is 25.4 Å². The lowest BCUT2D eigenvalue weighted by Gasteiger charge is -2.27. The minimum absolute atomic E-state index is 0.0850. The molecule has 0 radical (unpaired) electrons. The Morgan fingerprint density at radius 2 is 1.88 bits per heavy atom. The first-order valence-electron chi connectivity index (χ1n) is 8.13. The van der Waals surface area contributed by atoms with Crippen LogP contribution in [0.4, 0.5) is 5.95 Å². The molecule has 2 aromatic heterocycles. The molecule has 0 N–H and O–H groups in total. The Hall–Kier alpha value is -2.58. The maximum Gasteiger partial charge on any atom is 0.331 e. The molecule has 1 fully saturated rings. The van der Waals surface area contributed by atoms with Crippen molar-refractivity contribution in [3.05, 3.63) is 26.4 Å². The first-order chi connectivity index (χ1) is 12.5. The van der Waals surface area contributed by atoms with Crippen molar-refractivity contribution in [3.8, 4) is 6.07 Å². The summed E-state index contributed by atoms with van der Waals surface area (Å²) in [6.45, 7) is 5.27. The van der Waals surface area contributed by atoms with E-state index >= 15 is 0 Å². The molecule has 0 aromatic carbocycles. The first-order valence-corrected chi connectivity index (χ1v) is 8.95. The van der Waals surface area contributed by atoms with Gasteiger partial charge in [-0.3, -0.25) is 18.5 Å². The zero-order chi connectivity index (χ0) is 18.8. The van der Waals surface area contributed by atoms with Crippen LogP contribution >= 0.6 is 11.8 Å². The lowest BCUT2D eigenvalue weighted by molar-refractivity contribution is 0.121. The third-order valence-corrected chi connectivity index (χ3v) is 5.37. The van der Waals surface area contributed by atoms with E-state index in [1.54, 1.807) is 0 Å². The van der Waals surface area contributed by atoms with Crippen molar-refractivity contribution in [1.29, 1.82) is 5.26 Å². The van der Waals surface area contributed by atoms with Gasteiger partial charge in [0.1, 0.15) is 16.7 Å². The molecule has 1 aliphatic heterocycles. The average molecular weight is 377 g/mol. The van der Waals surface area contributed by atoms with Crippen molar-refractivity contribution in [2.24, 2.45) is 14.1 Å². The number of aromatic nitrogens is 5. The molecule has 0 amide bonds. The summed E-state index contributed by atoms with van der Waals surface area (Å²) in [5, 5.41) is 18.7. The van der Waals surface area contributed by atoms with Crippen LogP contribution in [0.2, 0.25) is 0 Å². The summed E-state index contributed by atoms with van der Waals surface area (Å²) < 4.78 is 9.48. The van der Waals surface area contributed by atoms with Crippen LogP contribution in [0.25, 0.3) is 0 Å². The second-order valence-electron chi connectivity index (χ2n) is 5.73. The third-order valence-electron chi connectivity index (χ3n) is 4.22. The Bertz CT molecular complexity index is 979. The van der Waals surface area contributed by atoms with Gasteiger partial charge < -0.3 is 9.64 Å². The molecule has 0 spiro atoms. The second kappa shape index (κ2) is 7.35. The number of ether oxygens (including phenoxy) is 1. The van der Waals surface area contributed by atoms with Gasteiger partial charge in [0.05, 0.1) is 13.2 Å². The summed E-state index contributed by atoms with van der Waals surface area (Å²) in [5.74, 6) is 0.714. The summed E-state index contributed by atoms with van der Waals surface area (Å²) in [7, 11) is 2.88. The van der Waals surface area contributed by atoms with E-state index in [0.29, 0.717) is 30.9 Å². The van der Waals surface area contributed by atoms with Crippen molar-refractivity contribution in [1.82, 2.24) is 23.9 Å². The maximum absolute atomic E-state index is 12.2. The fraction of sp³-hybridized carbons (Fsp3) is 0.533. The Kier molecular flexibility index (Phi) is 5.15. The lowest BCUT2D eigenvalue weighted by Crippen LogP contribution is -2.39. The number of nitriles is 1. The molecule has 0 unspecified atom stereocenters. The number of hydrogen-bond acceptors (Lipinski definition) is 8. The maximum atomic E-state index is 12.2. The van der Waals surface area contributed by atoms with Gasteiger partial charge >= 0.3 is 5.69 Å². The van der Waals surface area contributed by atoms with Crippen molar-refractivity contribution >= 4 is 17.7 Å². The van der Waals surface area contributed by atoms with Gasteiger partial charge in [-0.25, -0.2) is 4.79 Å². The highest BCUT2D eigenvalue weighted by Crippen LogP contribution is 2.29. The van der Waals surface area contributed by atoms with Crippen molar-refractivity contribution in [3.63, 3.8) is 0 Å². The van der Waals surface area contributed by atoms with Gasteiger partial charge in [-0.15, -0.1) is 10.2 Å².